The minimum Gasteiger partial charge on any atom is -0.481 e. The predicted molar refractivity (Wildman–Crippen MR) is 61.3 cm³/mol. The number of ether oxygens (including phenoxy) is 1. The molecule has 2 unspecified atom stereocenters. The van der Waals surface area contributed by atoms with E-state index in [9.17, 15) is 18.0 Å². The monoisotopic (exact) mass is 270 g/mol. The van der Waals surface area contributed by atoms with Crippen LogP contribution in [0.1, 0.15) is 39.5 Å². The molecule has 0 aromatic carbocycles. The second kappa shape index (κ2) is 8.34. The number of carboxylic acid groups (broad SMARTS) is 1. The van der Waals surface area contributed by atoms with E-state index < -0.39 is 18.6 Å². The first-order valence-electron chi connectivity index (χ1n) is 6.09. The molecule has 108 valence electrons. The zero-order valence-electron chi connectivity index (χ0n) is 10.8. The predicted octanol–water partition coefficient (Wildman–Crippen LogP) is 3.48. The van der Waals surface area contributed by atoms with Gasteiger partial charge in [0.05, 0.1) is 18.9 Å². The van der Waals surface area contributed by atoms with Gasteiger partial charge in [0, 0.05) is 6.61 Å². The normalized spacial score (nSPS) is 15.4. The van der Waals surface area contributed by atoms with E-state index in [4.69, 9.17) is 9.84 Å². The van der Waals surface area contributed by atoms with Crippen LogP contribution in [0, 0.1) is 11.8 Å². The molecule has 0 spiro atoms. The Morgan fingerprint density at radius 3 is 2.28 bits per heavy atom. The molecule has 0 rings (SSSR count). The summed E-state index contributed by atoms with van der Waals surface area (Å²) in [7, 11) is 0. The van der Waals surface area contributed by atoms with Gasteiger partial charge in [-0.15, -0.1) is 0 Å². The maximum Gasteiger partial charge on any atom is 0.391 e. The zero-order chi connectivity index (χ0) is 14.2. The van der Waals surface area contributed by atoms with E-state index in [-0.39, 0.29) is 18.4 Å². The minimum atomic E-state index is -4.16. The van der Waals surface area contributed by atoms with Crippen molar-refractivity contribution < 1.29 is 27.8 Å². The Hall–Kier alpha value is -0.780. The van der Waals surface area contributed by atoms with Gasteiger partial charge < -0.3 is 9.84 Å². The first-order chi connectivity index (χ1) is 8.22. The lowest BCUT2D eigenvalue weighted by Gasteiger charge is -2.13. The fraction of sp³-hybridized carbons (Fsp3) is 0.917. The number of carbonyl (C=O) groups is 1. The third-order valence-electron chi connectivity index (χ3n) is 2.80. The molecule has 0 aromatic rings. The largest absolute Gasteiger partial charge is 0.481 e. The summed E-state index contributed by atoms with van der Waals surface area (Å²) in [5.74, 6) is -0.931. The number of aliphatic carboxylic acids is 1. The molecule has 0 amide bonds. The van der Waals surface area contributed by atoms with E-state index in [2.05, 4.69) is 0 Å². The Kier molecular flexibility index (Phi) is 7.98. The lowest BCUT2D eigenvalue weighted by atomic mass is 9.96. The highest BCUT2D eigenvalue weighted by Crippen LogP contribution is 2.19. The molecule has 18 heavy (non-hydrogen) atoms. The second-order valence-corrected chi connectivity index (χ2v) is 4.69. The molecule has 0 fully saturated rings. The van der Waals surface area contributed by atoms with Crippen molar-refractivity contribution in [3.8, 4) is 0 Å². The van der Waals surface area contributed by atoms with E-state index >= 15 is 0 Å². The summed E-state index contributed by atoms with van der Waals surface area (Å²) < 4.78 is 40.3. The van der Waals surface area contributed by atoms with Crippen LogP contribution in [0.4, 0.5) is 13.2 Å². The molecule has 0 bridgehead atoms. The average molecular weight is 270 g/mol. The minimum absolute atomic E-state index is 0.262. The van der Waals surface area contributed by atoms with Crippen molar-refractivity contribution in [1.29, 1.82) is 0 Å². The number of hydrogen-bond donors (Lipinski definition) is 1. The molecule has 0 saturated carbocycles. The summed E-state index contributed by atoms with van der Waals surface area (Å²) in [6.45, 7) is 3.58. The molecule has 1 N–H and O–H groups in total. The quantitative estimate of drug-likeness (QED) is 0.652. The molecule has 0 aliphatic carbocycles. The van der Waals surface area contributed by atoms with Gasteiger partial charge in [0.15, 0.2) is 0 Å². The van der Waals surface area contributed by atoms with Gasteiger partial charge in [0.25, 0.3) is 0 Å². The van der Waals surface area contributed by atoms with Crippen LogP contribution in [-0.4, -0.2) is 30.5 Å². The third kappa shape index (κ3) is 10.4. The fourth-order valence-electron chi connectivity index (χ4n) is 1.38. The molecular formula is C12H21F3O3. The lowest BCUT2D eigenvalue weighted by Crippen LogP contribution is -2.13. The van der Waals surface area contributed by atoms with Crippen molar-refractivity contribution in [2.75, 3.05) is 13.2 Å². The molecule has 3 nitrogen and oxygen atoms in total. The van der Waals surface area contributed by atoms with Gasteiger partial charge in [-0.1, -0.05) is 13.8 Å². The molecule has 0 radical (unpaired) electrons. The highest BCUT2D eigenvalue weighted by Gasteiger charge is 2.26. The summed E-state index contributed by atoms with van der Waals surface area (Å²) in [5, 5.41) is 8.69. The van der Waals surface area contributed by atoms with Gasteiger partial charge in [0.2, 0.25) is 0 Å². The Labute approximate surface area is 105 Å². The van der Waals surface area contributed by atoms with Crippen LogP contribution >= 0.6 is 0 Å². The SMILES string of the molecule is CC(CCOCCC(F)(F)F)CCC(C)C(=O)O. The van der Waals surface area contributed by atoms with Gasteiger partial charge in [-0.2, -0.15) is 13.2 Å². The molecule has 0 aliphatic rings. The van der Waals surface area contributed by atoms with Gasteiger partial charge in [0.1, 0.15) is 0 Å². The maximum atomic E-state index is 11.8. The van der Waals surface area contributed by atoms with Crippen molar-refractivity contribution in [3.05, 3.63) is 0 Å². The van der Waals surface area contributed by atoms with Crippen molar-refractivity contribution in [1.82, 2.24) is 0 Å². The second-order valence-electron chi connectivity index (χ2n) is 4.69. The van der Waals surface area contributed by atoms with Crippen molar-refractivity contribution in [3.63, 3.8) is 0 Å². The standard InChI is InChI=1S/C12H21F3O3/c1-9(3-4-10(2)11(16)17)5-7-18-8-6-12(13,14)15/h9-10H,3-8H2,1-2H3,(H,16,17). The lowest BCUT2D eigenvalue weighted by molar-refractivity contribution is -0.145. The Bertz CT molecular complexity index is 241. The van der Waals surface area contributed by atoms with Crippen LogP contribution in [0.15, 0.2) is 0 Å². The van der Waals surface area contributed by atoms with Crippen LogP contribution in [-0.2, 0) is 9.53 Å². The highest BCUT2D eigenvalue weighted by atomic mass is 19.4. The Morgan fingerprint density at radius 2 is 1.78 bits per heavy atom. The van der Waals surface area contributed by atoms with E-state index in [1.807, 2.05) is 6.92 Å². The summed E-state index contributed by atoms with van der Waals surface area (Å²) in [6.07, 6.45) is -3.10. The van der Waals surface area contributed by atoms with Crippen LogP contribution in [0.25, 0.3) is 0 Å². The van der Waals surface area contributed by atoms with Crippen LogP contribution in [0.2, 0.25) is 0 Å². The highest BCUT2D eigenvalue weighted by molar-refractivity contribution is 5.69. The number of alkyl halides is 3. The molecule has 0 aromatic heterocycles. The fourth-order valence-corrected chi connectivity index (χ4v) is 1.38. The van der Waals surface area contributed by atoms with Gasteiger partial charge in [-0.05, 0) is 25.2 Å². The van der Waals surface area contributed by atoms with E-state index in [0.29, 0.717) is 19.4 Å². The molecule has 0 saturated heterocycles. The van der Waals surface area contributed by atoms with Crippen LogP contribution < -0.4 is 0 Å². The molecule has 0 aliphatic heterocycles. The first kappa shape index (κ1) is 17.2. The zero-order valence-corrected chi connectivity index (χ0v) is 10.8. The smallest absolute Gasteiger partial charge is 0.391 e. The van der Waals surface area contributed by atoms with Crippen molar-refractivity contribution in [2.45, 2.75) is 45.7 Å². The van der Waals surface area contributed by atoms with E-state index in [1.165, 1.54) is 0 Å². The Balaban J connectivity index is 3.48. The number of rotatable bonds is 9. The molecule has 2 atom stereocenters. The topological polar surface area (TPSA) is 46.5 Å². The molecule has 0 heterocycles. The number of hydrogen-bond acceptors (Lipinski definition) is 2. The summed E-state index contributed by atoms with van der Waals surface area (Å²) in [6, 6.07) is 0. The number of halogens is 3. The van der Waals surface area contributed by atoms with Gasteiger partial charge >= 0.3 is 12.1 Å². The summed E-state index contributed by atoms with van der Waals surface area (Å²) in [5.41, 5.74) is 0. The third-order valence-corrected chi connectivity index (χ3v) is 2.80. The summed E-state index contributed by atoms with van der Waals surface area (Å²) >= 11 is 0. The van der Waals surface area contributed by atoms with Crippen LogP contribution in [0.3, 0.4) is 0 Å². The first-order valence-corrected chi connectivity index (χ1v) is 6.09. The number of carboxylic acids is 1. The van der Waals surface area contributed by atoms with Crippen LogP contribution in [0.5, 0.6) is 0 Å². The Morgan fingerprint density at radius 1 is 1.17 bits per heavy atom. The molecular weight excluding hydrogens is 249 g/mol. The summed E-state index contributed by atoms with van der Waals surface area (Å²) in [4.78, 5) is 10.6. The maximum absolute atomic E-state index is 11.8. The average Bonchev–Trinajstić information content (AvgIpc) is 2.23. The van der Waals surface area contributed by atoms with E-state index in [1.54, 1.807) is 6.92 Å². The van der Waals surface area contributed by atoms with Crippen molar-refractivity contribution >= 4 is 5.97 Å². The van der Waals surface area contributed by atoms with E-state index in [0.717, 1.165) is 6.42 Å². The molecule has 6 heteroatoms. The van der Waals surface area contributed by atoms with Gasteiger partial charge in [-0.3, -0.25) is 4.79 Å². The van der Waals surface area contributed by atoms with Crippen molar-refractivity contribution in [2.24, 2.45) is 11.8 Å². The van der Waals surface area contributed by atoms with Gasteiger partial charge in [-0.25, -0.2) is 0 Å².